The molecule has 1 saturated carbocycles. The average molecular weight is 479 g/mol. The number of nitrogens with zero attached hydrogens (tertiary/aromatic N) is 7. The minimum Gasteiger partial charge on any atom is -0.310 e. The molecule has 0 bridgehead atoms. The van der Waals surface area contributed by atoms with Crippen LogP contribution >= 0.6 is 0 Å². The molecule has 5 rings (SSSR count). The third-order valence-electron chi connectivity index (χ3n) is 5.75. The van der Waals surface area contributed by atoms with Gasteiger partial charge in [0, 0.05) is 32.4 Å². The Bertz CT molecular complexity index is 1490. The SMILES string of the molecule is CCS(=O)(=O)c1c(-c2nc3cc(C(F)(F)F)cnc3n2C)nc(-n2ccc(C3CC3)n2)n1C. The summed E-state index contributed by atoms with van der Waals surface area (Å²) >= 11 is 0. The summed E-state index contributed by atoms with van der Waals surface area (Å²) in [4.78, 5) is 12.7. The molecule has 1 aliphatic rings. The minimum absolute atomic E-state index is 0.00974. The fourth-order valence-corrected chi connectivity index (χ4v) is 5.01. The summed E-state index contributed by atoms with van der Waals surface area (Å²) in [5.74, 6) is 0.574. The number of imidazole rings is 2. The molecule has 4 aromatic heterocycles. The standard InChI is InChI=1S/C20H20F3N7O2S/c1-4-33(31,32)18-15(26-19(29(18)3)30-8-7-13(27-30)11-5-6-11)17-25-14-9-12(20(21,22)23)10-24-16(14)28(17)2/h7-11H,4-6H2,1-3H3. The largest absolute Gasteiger partial charge is 0.417 e. The predicted octanol–water partition coefficient (Wildman–Crippen LogP) is 3.24. The van der Waals surface area contributed by atoms with Crippen LogP contribution in [-0.4, -0.2) is 48.0 Å². The quantitative estimate of drug-likeness (QED) is 0.436. The van der Waals surface area contributed by atoms with E-state index in [9.17, 15) is 21.6 Å². The lowest BCUT2D eigenvalue weighted by Crippen LogP contribution is -2.13. The average Bonchev–Trinajstić information content (AvgIpc) is 3.25. The molecule has 0 amide bonds. The molecule has 0 aliphatic heterocycles. The van der Waals surface area contributed by atoms with E-state index in [1.165, 1.54) is 20.7 Å². The summed E-state index contributed by atoms with van der Waals surface area (Å²) in [6.45, 7) is 1.51. The van der Waals surface area contributed by atoms with E-state index in [1.54, 1.807) is 20.3 Å². The molecule has 4 aromatic rings. The molecule has 33 heavy (non-hydrogen) atoms. The molecular formula is C20H20F3N7O2S. The Hall–Kier alpha value is -3.22. The molecule has 0 radical (unpaired) electrons. The molecule has 0 atom stereocenters. The number of hydrogen-bond acceptors (Lipinski definition) is 6. The van der Waals surface area contributed by atoms with Crippen LogP contribution in [0, 0.1) is 0 Å². The third-order valence-corrected chi connectivity index (χ3v) is 7.57. The Morgan fingerprint density at radius 1 is 1.15 bits per heavy atom. The zero-order valence-electron chi connectivity index (χ0n) is 18.0. The van der Waals surface area contributed by atoms with Crippen LogP contribution in [0.1, 0.15) is 36.9 Å². The van der Waals surface area contributed by atoms with E-state index >= 15 is 0 Å². The summed E-state index contributed by atoms with van der Waals surface area (Å²) in [5, 5.41) is 4.45. The van der Waals surface area contributed by atoms with Crippen molar-refractivity contribution >= 4 is 21.0 Å². The van der Waals surface area contributed by atoms with Gasteiger partial charge in [-0.15, -0.1) is 0 Å². The summed E-state index contributed by atoms with van der Waals surface area (Å²) < 4.78 is 69.8. The molecule has 0 aromatic carbocycles. The van der Waals surface area contributed by atoms with Gasteiger partial charge in [0.1, 0.15) is 11.2 Å². The van der Waals surface area contributed by atoms with Gasteiger partial charge in [-0.3, -0.25) is 0 Å². The first-order valence-electron chi connectivity index (χ1n) is 10.3. The molecule has 4 heterocycles. The smallest absolute Gasteiger partial charge is 0.310 e. The van der Waals surface area contributed by atoms with Crippen LogP contribution in [-0.2, 0) is 30.1 Å². The Morgan fingerprint density at radius 3 is 2.52 bits per heavy atom. The number of pyridine rings is 1. The second kappa shape index (κ2) is 7.14. The maximum absolute atomic E-state index is 13.1. The number of hydrogen-bond donors (Lipinski definition) is 0. The molecule has 9 nitrogen and oxygen atoms in total. The monoisotopic (exact) mass is 479 g/mol. The first-order chi connectivity index (χ1) is 15.5. The van der Waals surface area contributed by atoms with Gasteiger partial charge >= 0.3 is 6.18 Å². The summed E-state index contributed by atoms with van der Waals surface area (Å²) in [6.07, 6.45) is -0.0120. The highest BCUT2D eigenvalue weighted by Gasteiger charge is 2.34. The molecule has 13 heteroatoms. The van der Waals surface area contributed by atoms with Crippen LogP contribution in [0.25, 0.3) is 28.6 Å². The van der Waals surface area contributed by atoms with Crippen LogP contribution < -0.4 is 0 Å². The van der Waals surface area contributed by atoms with E-state index in [2.05, 4.69) is 20.1 Å². The zero-order chi connectivity index (χ0) is 23.7. The van der Waals surface area contributed by atoms with E-state index in [1.807, 2.05) is 6.07 Å². The van der Waals surface area contributed by atoms with Gasteiger partial charge in [0.05, 0.1) is 17.0 Å². The van der Waals surface area contributed by atoms with Gasteiger partial charge in [-0.1, -0.05) is 6.92 Å². The fourth-order valence-electron chi connectivity index (χ4n) is 3.80. The molecule has 0 N–H and O–H groups in total. The second-order valence-electron chi connectivity index (χ2n) is 8.05. The molecule has 0 unspecified atom stereocenters. The summed E-state index contributed by atoms with van der Waals surface area (Å²) in [7, 11) is -0.651. The lowest BCUT2D eigenvalue weighted by atomic mass is 10.2. The van der Waals surface area contributed by atoms with Crippen LogP contribution in [0.15, 0.2) is 29.6 Å². The van der Waals surface area contributed by atoms with Crippen LogP contribution in [0.4, 0.5) is 13.2 Å². The van der Waals surface area contributed by atoms with Crippen molar-refractivity contribution in [1.82, 2.24) is 33.9 Å². The van der Waals surface area contributed by atoms with Crippen LogP contribution in [0.2, 0.25) is 0 Å². The molecule has 174 valence electrons. The number of aryl methyl sites for hydroxylation is 1. The normalized spacial score (nSPS) is 15.0. The number of fused-ring (bicyclic) bond motifs is 1. The zero-order valence-corrected chi connectivity index (χ0v) is 18.8. The number of rotatable bonds is 5. The van der Waals surface area contributed by atoms with Crippen molar-refractivity contribution in [3.05, 3.63) is 35.8 Å². The first-order valence-corrected chi connectivity index (χ1v) is 11.9. The Morgan fingerprint density at radius 2 is 1.88 bits per heavy atom. The lowest BCUT2D eigenvalue weighted by molar-refractivity contribution is -0.137. The Balaban J connectivity index is 1.73. The molecule has 1 fully saturated rings. The van der Waals surface area contributed by atoms with Crippen molar-refractivity contribution in [3.8, 4) is 17.5 Å². The summed E-state index contributed by atoms with van der Waals surface area (Å²) in [5.41, 5.74) is 0.175. The highest BCUT2D eigenvalue weighted by Crippen LogP contribution is 2.39. The fraction of sp³-hybridized carbons (Fsp3) is 0.400. The van der Waals surface area contributed by atoms with Crippen molar-refractivity contribution in [2.24, 2.45) is 14.1 Å². The van der Waals surface area contributed by atoms with E-state index in [0.29, 0.717) is 5.92 Å². The van der Waals surface area contributed by atoms with E-state index < -0.39 is 21.6 Å². The van der Waals surface area contributed by atoms with Gasteiger partial charge in [-0.25, -0.2) is 28.1 Å². The van der Waals surface area contributed by atoms with Crippen molar-refractivity contribution < 1.29 is 21.6 Å². The lowest BCUT2D eigenvalue weighted by Gasteiger charge is -2.07. The maximum Gasteiger partial charge on any atom is 0.417 e. The number of aromatic nitrogens is 7. The van der Waals surface area contributed by atoms with Gasteiger partial charge in [0.15, 0.2) is 26.3 Å². The van der Waals surface area contributed by atoms with Gasteiger partial charge in [0.25, 0.3) is 0 Å². The van der Waals surface area contributed by atoms with Crippen LogP contribution in [0.3, 0.4) is 0 Å². The number of halogens is 3. The van der Waals surface area contributed by atoms with E-state index in [0.717, 1.165) is 30.8 Å². The van der Waals surface area contributed by atoms with E-state index in [-0.39, 0.29) is 39.4 Å². The Kier molecular flexibility index (Phi) is 4.68. The topological polar surface area (TPSA) is 100 Å². The van der Waals surface area contributed by atoms with Gasteiger partial charge < -0.3 is 9.13 Å². The van der Waals surface area contributed by atoms with Crippen molar-refractivity contribution in [2.75, 3.05) is 5.75 Å². The van der Waals surface area contributed by atoms with Crippen molar-refractivity contribution in [1.29, 1.82) is 0 Å². The maximum atomic E-state index is 13.1. The first kappa shape index (κ1) is 21.6. The number of alkyl halides is 3. The molecule has 1 aliphatic carbocycles. The van der Waals surface area contributed by atoms with E-state index in [4.69, 9.17) is 0 Å². The minimum atomic E-state index is -4.58. The molecule has 0 saturated heterocycles. The number of sulfone groups is 1. The van der Waals surface area contributed by atoms with Crippen LogP contribution in [0.5, 0.6) is 0 Å². The van der Waals surface area contributed by atoms with Gasteiger partial charge in [-0.2, -0.15) is 18.3 Å². The Labute approximate surface area is 186 Å². The molecular weight excluding hydrogens is 459 g/mol. The van der Waals surface area contributed by atoms with Crippen molar-refractivity contribution in [2.45, 2.75) is 36.9 Å². The highest BCUT2D eigenvalue weighted by molar-refractivity contribution is 7.91. The highest BCUT2D eigenvalue weighted by atomic mass is 32.2. The van der Waals surface area contributed by atoms with Gasteiger partial charge in [0.2, 0.25) is 5.95 Å². The third kappa shape index (κ3) is 3.50. The van der Waals surface area contributed by atoms with Crippen molar-refractivity contribution in [3.63, 3.8) is 0 Å². The predicted molar refractivity (Wildman–Crippen MR) is 113 cm³/mol. The molecule has 0 spiro atoms. The second-order valence-corrected chi connectivity index (χ2v) is 10.2. The summed E-state index contributed by atoms with van der Waals surface area (Å²) in [6, 6.07) is 2.76. The van der Waals surface area contributed by atoms with Gasteiger partial charge in [-0.05, 0) is 25.0 Å².